The number of hydrogen-bond donors (Lipinski definition) is 1. The second kappa shape index (κ2) is 7.23. The van der Waals surface area contributed by atoms with Crippen molar-refractivity contribution in [2.75, 3.05) is 13.1 Å². The molecule has 20 heavy (non-hydrogen) atoms. The molecule has 0 aromatic carbocycles. The van der Waals surface area contributed by atoms with Gasteiger partial charge in [-0.15, -0.1) is 0 Å². The summed E-state index contributed by atoms with van der Waals surface area (Å²) in [4.78, 5) is 2.51. The van der Waals surface area contributed by atoms with Crippen molar-refractivity contribution in [2.24, 2.45) is 11.7 Å². The van der Waals surface area contributed by atoms with Gasteiger partial charge >= 0.3 is 0 Å². The Labute approximate surface area is 123 Å². The van der Waals surface area contributed by atoms with E-state index in [2.05, 4.69) is 42.6 Å². The highest BCUT2D eigenvalue weighted by Gasteiger charge is 2.23. The van der Waals surface area contributed by atoms with Crippen molar-refractivity contribution >= 4 is 0 Å². The molecule has 1 aromatic heterocycles. The van der Waals surface area contributed by atoms with Gasteiger partial charge in [-0.25, -0.2) is 0 Å². The van der Waals surface area contributed by atoms with Gasteiger partial charge in [0.15, 0.2) is 0 Å². The fourth-order valence-corrected chi connectivity index (χ4v) is 3.22. The van der Waals surface area contributed by atoms with E-state index in [0.717, 1.165) is 25.9 Å². The van der Waals surface area contributed by atoms with Crippen LogP contribution in [0, 0.1) is 5.92 Å². The van der Waals surface area contributed by atoms with E-state index < -0.39 is 0 Å². The molecule has 2 rings (SSSR count). The van der Waals surface area contributed by atoms with Crippen LogP contribution in [0.25, 0.3) is 0 Å². The smallest absolute Gasteiger partial charge is 0.0764 e. The molecule has 0 bridgehead atoms. The first-order valence-corrected chi connectivity index (χ1v) is 8.16. The molecule has 2 N–H and O–H groups in total. The number of rotatable bonds is 6. The maximum Gasteiger partial charge on any atom is 0.0764 e. The average molecular weight is 278 g/mol. The van der Waals surface area contributed by atoms with Crippen molar-refractivity contribution in [1.29, 1.82) is 0 Å². The van der Waals surface area contributed by atoms with Gasteiger partial charge in [-0.05, 0) is 51.1 Å². The Balaban J connectivity index is 1.93. The summed E-state index contributed by atoms with van der Waals surface area (Å²) in [5.74, 6) is 0.643. The van der Waals surface area contributed by atoms with Crippen LogP contribution in [0.3, 0.4) is 0 Å². The largest absolute Gasteiger partial charge is 0.328 e. The lowest BCUT2D eigenvalue weighted by Gasteiger charge is -2.34. The molecule has 2 heterocycles. The highest BCUT2D eigenvalue weighted by molar-refractivity contribution is 5.00. The van der Waals surface area contributed by atoms with Crippen molar-refractivity contribution in [3.63, 3.8) is 0 Å². The molecular formula is C16H30N4. The van der Waals surface area contributed by atoms with Gasteiger partial charge in [0.2, 0.25) is 0 Å². The molecule has 1 aliphatic heterocycles. The van der Waals surface area contributed by atoms with Crippen molar-refractivity contribution in [2.45, 2.75) is 65.1 Å². The topological polar surface area (TPSA) is 47.1 Å². The summed E-state index contributed by atoms with van der Waals surface area (Å²) in [6, 6.07) is 3.02. The monoisotopic (exact) mass is 278 g/mol. The number of nitrogens with two attached hydrogens (primary N) is 1. The maximum absolute atomic E-state index is 6.06. The molecule has 0 aliphatic carbocycles. The van der Waals surface area contributed by atoms with Gasteiger partial charge in [0, 0.05) is 25.3 Å². The van der Waals surface area contributed by atoms with E-state index in [1.165, 1.54) is 25.1 Å². The number of piperidine rings is 1. The Morgan fingerprint density at radius 2 is 2.15 bits per heavy atom. The number of nitrogens with zero attached hydrogens (tertiary/aromatic N) is 3. The van der Waals surface area contributed by atoms with Crippen molar-refractivity contribution < 1.29 is 0 Å². The zero-order valence-corrected chi connectivity index (χ0v) is 13.3. The van der Waals surface area contributed by atoms with Crippen LogP contribution in [0.15, 0.2) is 12.3 Å². The van der Waals surface area contributed by atoms with E-state index >= 15 is 0 Å². The average Bonchev–Trinajstić information content (AvgIpc) is 2.89. The summed E-state index contributed by atoms with van der Waals surface area (Å²) in [7, 11) is 0. The Hall–Kier alpha value is -0.870. The molecule has 1 aromatic rings. The minimum absolute atomic E-state index is 0.305. The van der Waals surface area contributed by atoms with Gasteiger partial charge in [-0.3, -0.25) is 9.58 Å². The first-order chi connectivity index (χ1) is 9.63. The van der Waals surface area contributed by atoms with E-state index in [1.807, 2.05) is 0 Å². The molecular weight excluding hydrogens is 248 g/mol. The SMILES string of the molecule is CCC(CC)n1ccc(CN2CCCC(C(C)N)C2)n1. The first-order valence-electron chi connectivity index (χ1n) is 8.16. The summed E-state index contributed by atoms with van der Waals surface area (Å²) in [5.41, 5.74) is 7.25. The quantitative estimate of drug-likeness (QED) is 0.870. The van der Waals surface area contributed by atoms with Gasteiger partial charge in [0.1, 0.15) is 0 Å². The molecule has 4 heteroatoms. The minimum Gasteiger partial charge on any atom is -0.328 e. The van der Waals surface area contributed by atoms with Gasteiger partial charge in [-0.2, -0.15) is 5.10 Å². The lowest BCUT2D eigenvalue weighted by molar-refractivity contribution is 0.152. The van der Waals surface area contributed by atoms with Gasteiger partial charge in [-0.1, -0.05) is 13.8 Å². The van der Waals surface area contributed by atoms with Crippen LogP contribution in [0.1, 0.15) is 58.2 Å². The fraction of sp³-hybridized carbons (Fsp3) is 0.812. The van der Waals surface area contributed by atoms with Gasteiger partial charge < -0.3 is 5.73 Å². The molecule has 4 nitrogen and oxygen atoms in total. The van der Waals surface area contributed by atoms with Crippen molar-refractivity contribution in [1.82, 2.24) is 14.7 Å². The molecule has 0 radical (unpaired) electrons. The summed E-state index contributed by atoms with van der Waals surface area (Å²) in [6.45, 7) is 9.86. The third kappa shape index (κ3) is 3.83. The predicted molar refractivity (Wildman–Crippen MR) is 83.5 cm³/mol. The van der Waals surface area contributed by atoms with E-state index in [-0.39, 0.29) is 0 Å². The maximum atomic E-state index is 6.06. The van der Waals surface area contributed by atoms with Crippen molar-refractivity contribution in [3.8, 4) is 0 Å². The highest BCUT2D eigenvalue weighted by Crippen LogP contribution is 2.21. The normalized spacial score (nSPS) is 22.4. The molecule has 1 saturated heterocycles. The van der Waals surface area contributed by atoms with Crippen LogP contribution in [0.4, 0.5) is 0 Å². The third-order valence-corrected chi connectivity index (χ3v) is 4.65. The van der Waals surface area contributed by atoms with Crippen LogP contribution < -0.4 is 5.73 Å². The van der Waals surface area contributed by atoms with E-state index in [9.17, 15) is 0 Å². The van der Waals surface area contributed by atoms with Crippen LogP contribution in [0.5, 0.6) is 0 Å². The minimum atomic E-state index is 0.305. The summed E-state index contributed by atoms with van der Waals surface area (Å²) < 4.78 is 2.14. The van der Waals surface area contributed by atoms with Crippen LogP contribution >= 0.6 is 0 Å². The lowest BCUT2D eigenvalue weighted by Crippen LogP contribution is -2.42. The molecule has 0 spiro atoms. The second-order valence-corrected chi connectivity index (χ2v) is 6.25. The molecule has 1 aliphatic rings. The van der Waals surface area contributed by atoms with E-state index in [1.54, 1.807) is 0 Å². The Morgan fingerprint density at radius 1 is 1.40 bits per heavy atom. The van der Waals surface area contributed by atoms with Crippen LogP contribution in [-0.4, -0.2) is 33.8 Å². The molecule has 114 valence electrons. The second-order valence-electron chi connectivity index (χ2n) is 6.25. The third-order valence-electron chi connectivity index (χ3n) is 4.65. The number of aromatic nitrogens is 2. The zero-order chi connectivity index (χ0) is 14.5. The Kier molecular flexibility index (Phi) is 5.61. The molecule has 2 unspecified atom stereocenters. The summed E-state index contributed by atoms with van der Waals surface area (Å²) in [6.07, 6.45) is 6.97. The zero-order valence-electron chi connectivity index (χ0n) is 13.3. The molecule has 0 saturated carbocycles. The fourth-order valence-electron chi connectivity index (χ4n) is 3.22. The van der Waals surface area contributed by atoms with E-state index in [0.29, 0.717) is 18.0 Å². The molecule has 1 fully saturated rings. The summed E-state index contributed by atoms with van der Waals surface area (Å²) in [5, 5.41) is 4.76. The number of likely N-dealkylation sites (tertiary alicyclic amines) is 1. The van der Waals surface area contributed by atoms with E-state index in [4.69, 9.17) is 10.8 Å². The van der Waals surface area contributed by atoms with Gasteiger partial charge in [0.05, 0.1) is 11.7 Å². The van der Waals surface area contributed by atoms with Crippen LogP contribution in [-0.2, 0) is 6.54 Å². The van der Waals surface area contributed by atoms with Gasteiger partial charge in [0.25, 0.3) is 0 Å². The Morgan fingerprint density at radius 3 is 2.80 bits per heavy atom. The highest BCUT2D eigenvalue weighted by atomic mass is 15.3. The van der Waals surface area contributed by atoms with Crippen molar-refractivity contribution in [3.05, 3.63) is 18.0 Å². The lowest BCUT2D eigenvalue weighted by atomic mass is 9.92. The predicted octanol–water partition coefficient (Wildman–Crippen LogP) is 2.80. The number of hydrogen-bond acceptors (Lipinski definition) is 3. The molecule has 2 atom stereocenters. The standard InChI is InChI=1S/C16H30N4/c1-4-16(5-2)20-10-8-15(18-20)12-19-9-6-7-14(11-19)13(3)17/h8,10,13-14,16H,4-7,9,11-12,17H2,1-3H3. The Bertz CT molecular complexity index is 395. The molecule has 0 amide bonds. The first kappa shape index (κ1) is 15.5. The summed E-state index contributed by atoms with van der Waals surface area (Å²) >= 11 is 0. The van der Waals surface area contributed by atoms with Crippen LogP contribution in [0.2, 0.25) is 0 Å².